The number of carbonyl (C=O) groups is 2. The minimum atomic E-state index is -0.380. The first kappa shape index (κ1) is 22.1. The largest absolute Gasteiger partial charge is 0.497 e. The first-order valence-corrected chi connectivity index (χ1v) is 9.44. The van der Waals surface area contributed by atoms with Crippen LogP contribution in [0.25, 0.3) is 6.08 Å². The monoisotopic (exact) mass is 411 g/mol. The van der Waals surface area contributed by atoms with E-state index in [2.05, 4.69) is 16.0 Å². The number of rotatable bonds is 5. The molecule has 29 heavy (non-hydrogen) atoms. The summed E-state index contributed by atoms with van der Waals surface area (Å²) in [5.41, 5.74) is 1.43. The number of hydrogen-bond donors (Lipinski definition) is 3. The van der Waals surface area contributed by atoms with Gasteiger partial charge in [-0.05, 0) is 68.9 Å². The van der Waals surface area contributed by atoms with Gasteiger partial charge in [-0.3, -0.25) is 14.9 Å². The summed E-state index contributed by atoms with van der Waals surface area (Å²) < 4.78 is 5.10. The third kappa shape index (κ3) is 7.38. The normalized spacial score (nSPS) is 11.0. The predicted molar refractivity (Wildman–Crippen MR) is 120 cm³/mol. The number of ether oxygens (including phenoxy) is 1. The molecule has 7 heteroatoms. The highest BCUT2D eigenvalue weighted by molar-refractivity contribution is 7.80. The maximum Gasteiger partial charge on any atom is 0.253 e. The van der Waals surface area contributed by atoms with Crippen molar-refractivity contribution in [3.63, 3.8) is 0 Å². The summed E-state index contributed by atoms with van der Waals surface area (Å²) in [7, 11) is 1.59. The molecule has 0 aliphatic heterocycles. The van der Waals surface area contributed by atoms with Crippen LogP contribution in [-0.2, 0) is 4.79 Å². The van der Waals surface area contributed by atoms with Crippen LogP contribution in [0.4, 0.5) is 5.69 Å². The Bertz CT molecular complexity index is 916. The highest BCUT2D eigenvalue weighted by atomic mass is 32.1. The molecule has 0 unspecified atom stereocenters. The number of anilines is 1. The van der Waals surface area contributed by atoms with E-state index in [-0.39, 0.29) is 22.5 Å². The molecular formula is C22H25N3O3S. The fourth-order valence-electron chi connectivity index (χ4n) is 2.39. The van der Waals surface area contributed by atoms with Crippen molar-refractivity contribution in [2.75, 3.05) is 12.4 Å². The van der Waals surface area contributed by atoms with Gasteiger partial charge >= 0.3 is 0 Å². The zero-order valence-corrected chi connectivity index (χ0v) is 17.7. The topological polar surface area (TPSA) is 79.5 Å². The molecule has 0 atom stereocenters. The van der Waals surface area contributed by atoms with Crippen LogP contribution < -0.4 is 20.7 Å². The number of hydrogen-bond acceptors (Lipinski definition) is 4. The quantitative estimate of drug-likeness (QED) is 0.516. The molecule has 2 aromatic carbocycles. The van der Waals surface area contributed by atoms with E-state index in [0.29, 0.717) is 11.3 Å². The Kier molecular flexibility index (Phi) is 7.50. The van der Waals surface area contributed by atoms with Gasteiger partial charge in [-0.25, -0.2) is 0 Å². The van der Waals surface area contributed by atoms with Gasteiger partial charge in [0.05, 0.1) is 18.4 Å². The standard InChI is InChI=1S/C22H25N3O3S/c1-22(2,3)25-20(27)17-7-5-6-8-18(17)23-21(29)24-19(26)14-11-15-9-12-16(28-4)13-10-15/h5-14H,1-4H3,(H,25,27)(H2,23,24,26,29). The Hall–Kier alpha value is -3.19. The average molecular weight is 412 g/mol. The number of amides is 2. The van der Waals surface area contributed by atoms with Crippen LogP contribution in [0.15, 0.2) is 54.6 Å². The van der Waals surface area contributed by atoms with E-state index in [1.807, 2.05) is 45.0 Å². The number of carbonyl (C=O) groups excluding carboxylic acids is 2. The number of nitrogens with one attached hydrogen (secondary N) is 3. The highest BCUT2D eigenvalue weighted by Gasteiger charge is 2.18. The third-order valence-electron chi connectivity index (χ3n) is 3.69. The van der Waals surface area contributed by atoms with Crippen molar-refractivity contribution in [3.8, 4) is 5.75 Å². The minimum absolute atomic E-state index is 0.102. The Morgan fingerprint density at radius 2 is 1.69 bits per heavy atom. The van der Waals surface area contributed by atoms with Gasteiger partial charge in [-0.15, -0.1) is 0 Å². The van der Waals surface area contributed by atoms with Crippen LogP contribution in [0.3, 0.4) is 0 Å². The second kappa shape index (κ2) is 9.84. The molecule has 0 bridgehead atoms. The second-order valence-corrected chi connectivity index (χ2v) is 7.71. The van der Waals surface area contributed by atoms with E-state index in [1.165, 1.54) is 6.08 Å². The molecule has 0 spiro atoms. The molecule has 2 rings (SSSR count). The molecule has 2 amide bonds. The van der Waals surface area contributed by atoms with E-state index in [1.54, 1.807) is 37.5 Å². The predicted octanol–water partition coefficient (Wildman–Crippen LogP) is 3.75. The Morgan fingerprint density at radius 3 is 2.31 bits per heavy atom. The molecule has 152 valence electrons. The van der Waals surface area contributed by atoms with Crippen molar-refractivity contribution in [2.45, 2.75) is 26.3 Å². The van der Waals surface area contributed by atoms with E-state index < -0.39 is 0 Å². The van der Waals surface area contributed by atoms with E-state index >= 15 is 0 Å². The fraction of sp³-hybridized carbons (Fsp3) is 0.227. The zero-order valence-electron chi connectivity index (χ0n) is 16.9. The molecule has 0 fully saturated rings. The maximum atomic E-state index is 12.5. The lowest BCUT2D eigenvalue weighted by Crippen LogP contribution is -2.41. The zero-order chi connectivity index (χ0) is 21.4. The lowest BCUT2D eigenvalue weighted by Gasteiger charge is -2.21. The molecular weight excluding hydrogens is 386 g/mol. The Labute approximate surface area is 176 Å². The number of thiocarbonyl (C=S) groups is 1. The van der Waals surface area contributed by atoms with Gasteiger partial charge < -0.3 is 15.4 Å². The van der Waals surface area contributed by atoms with E-state index in [9.17, 15) is 9.59 Å². The number of methoxy groups -OCH3 is 1. The van der Waals surface area contributed by atoms with Gasteiger partial charge in [-0.1, -0.05) is 24.3 Å². The van der Waals surface area contributed by atoms with E-state index in [4.69, 9.17) is 17.0 Å². The van der Waals surface area contributed by atoms with Crippen LogP contribution in [0.5, 0.6) is 5.75 Å². The van der Waals surface area contributed by atoms with Crippen LogP contribution >= 0.6 is 12.2 Å². The SMILES string of the molecule is COc1ccc(C=CC(=O)NC(=S)Nc2ccccc2C(=O)NC(C)(C)C)cc1. The fourth-order valence-corrected chi connectivity index (χ4v) is 2.60. The molecule has 0 aliphatic carbocycles. The first-order chi connectivity index (χ1) is 13.7. The first-order valence-electron chi connectivity index (χ1n) is 9.03. The lowest BCUT2D eigenvalue weighted by atomic mass is 10.1. The van der Waals surface area contributed by atoms with Gasteiger partial charge in [0.1, 0.15) is 5.75 Å². The van der Waals surface area contributed by atoms with Gasteiger partial charge in [-0.2, -0.15) is 0 Å². The molecule has 2 aromatic rings. The number of benzene rings is 2. The van der Waals surface area contributed by atoms with Crippen LogP contribution in [0.2, 0.25) is 0 Å². The van der Waals surface area contributed by atoms with Crippen LogP contribution in [-0.4, -0.2) is 29.6 Å². The Morgan fingerprint density at radius 1 is 1.03 bits per heavy atom. The summed E-state index contributed by atoms with van der Waals surface area (Å²) in [6, 6.07) is 14.3. The summed E-state index contributed by atoms with van der Waals surface area (Å²) in [4.78, 5) is 24.6. The molecule has 0 saturated carbocycles. The second-order valence-electron chi connectivity index (χ2n) is 7.30. The average Bonchev–Trinajstić information content (AvgIpc) is 2.65. The molecule has 3 N–H and O–H groups in total. The van der Waals surface area contributed by atoms with Gasteiger partial charge in [0.15, 0.2) is 5.11 Å². The lowest BCUT2D eigenvalue weighted by molar-refractivity contribution is -0.115. The van der Waals surface area contributed by atoms with Gasteiger partial charge in [0, 0.05) is 11.6 Å². The maximum absolute atomic E-state index is 12.5. The van der Waals surface area contributed by atoms with Crippen LogP contribution in [0.1, 0.15) is 36.7 Å². The van der Waals surface area contributed by atoms with Crippen molar-refractivity contribution in [1.29, 1.82) is 0 Å². The molecule has 6 nitrogen and oxygen atoms in total. The summed E-state index contributed by atoms with van der Waals surface area (Å²) >= 11 is 5.21. The summed E-state index contributed by atoms with van der Waals surface area (Å²) in [5, 5.41) is 8.49. The molecule has 0 heterocycles. The number of para-hydroxylation sites is 1. The van der Waals surface area contributed by atoms with Crippen molar-refractivity contribution >= 4 is 40.9 Å². The van der Waals surface area contributed by atoms with Gasteiger partial charge in [0.2, 0.25) is 5.91 Å². The molecule has 0 aromatic heterocycles. The van der Waals surface area contributed by atoms with Gasteiger partial charge in [0.25, 0.3) is 5.91 Å². The minimum Gasteiger partial charge on any atom is -0.497 e. The molecule has 0 saturated heterocycles. The van der Waals surface area contributed by atoms with Crippen molar-refractivity contribution in [1.82, 2.24) is 10.6 Å². The van der Waals surface area contributed by atoms with Crippen molar-refractivity contribution in [3.05, 3.63) is 65.7 Å². The Balaban J connectivity index is 1.99. The highest BCUT2D eigenvalue weighted by Crippen LogP contribution is 2.16. The third-order valence-corrected chi connectivity index (χ3v) is 3.89. The van der Waals surface area contributed by atoms with Crippen molar-refractivity contribution < 1.29 is 14.3 Å². The summed E-state index contributed by atoms with van der Waals surface area (Å²) in [6.07, 6.45) is 3.05. The van der Waals surface area contributed by atoms with E-state index in [0.717, 1.165) is 11.3 Å². The van der Waals surface area contributed by atoms with Crippen LogP contribution in [0, 0.1) is 0 Å². The van der Waals surface area contributed by atoms with Crippen molar-refractivity contribution in [2.24, 2.45) is 0 Å². The molecule has 0 radical (unpaired) electrons. The summed E-state index contributed by atoms with van der Waals surface area (Å²) in [5.74, 6) is 0.134. The smallest absolute Gasteiger partial charge is 0.253 e. The summed E-state index contributed by atoms with van der Waals surface area (Å²) in [6.45, 7) is 5.71. The molecule has 0 aliphatic rings.